The van der Waals surface area contributed by atoms with Crippen LogP contribution in [-0.4, -0.2) is 33.4 Å². The third-order valence-corrected chi connectivity index (χ3v) is 4.45. The number of amides is 1. The van der Waals surface area contributed by atoms with Crippen molar-refractivity contribution in [2.45, 2.75) is 33.2 Å². The molecule has 0 aliphatic carbocycles. The highest BCUT2D eigenvalue weighted by Gasteiger charge is 2.22. The van der Waals surface area contributed by atoms with Crippen LogP contribution in [0.1, 0.15) is 26.3 Å². The van der Waals surface area contributed by atoms with Crippen molar-refractivity contribution in [3.8, 4) is 0 Å². The van der Waals surface area contributed by atoms with Crippen LogP contribution in [0.25, 0.3) is 11.0 Å². The summed E-state index contributed by atoms with van der Waals surface area (Å²) in [5.74, 6) is 1.41. The first-order chi connectivity index (χ1) is 12.5. The molecule has 134 valence electrons. The van der Waals surface area contributed by atoms with E-state index in [1.54, 1.807) is 6.92 Å². The predicted molar refractivity (Wildman–Crippen MR) is 104 cm³/mol. The zero-order chi connectivity index (χ0) is 18.3. The number of aromatic nitrogens is 3. The van der Waals surface area contributed by atoms with Gasteiger partial charge in [-0.3, -0.25) is 4.79 Å². The first kappa shape index (κ1) is 16.4. The molecule has 1 aromatic carbocycles. The van der Waals surface area contributed by atoms with Crippen LogP contribution in [0, 0.1) is 0 Å². The average Bonchev–Trinajstić information content (AvgIpc) is 3.20. The average molecular weight is 350 g/mol. The van der Waals surface area contributed by atoms with Gasteiger partial charge in [0.15, 0.2) is 0 Å². The molecule has 1 amide bonds. The van der Waals surface area contributed by atoms with Crippen LogP contribution in [0.4, 0.5) is 23.1 Å². The minimum absolute atomic E-state index is 0.0781. The Bertz CT molecular complexity index is 977. The highest BCUT2D eigenvalue weighted by atomic mass is 16.2. The number of benzene rings is 1. The molecule has 4 rings (SSSR count). The second-order valence-corrected chi connectivity index (χ2v) is 6.82. The van der Waals surface area contributed by atoms with Gasteiger partial charge in [-0.2, -0.15) is 9.97 Å². The SMILES string of the molecule is CC(=O)N1CCc2cc(Nc3nc(NC(C)C)c4cc[nH]c4n3)ccc21. The van der Waals surface area contributed by atoms with E-state index in [0.29, 0.717) is 5.95 Å². The van der Waals surface area contributed by atoms with Crippen LogP contribution >= 0.6 is 0 Å². The summed E-state index contributed by atoms with van der Waals surface area (Å²) in [5, 5.41) is 7.62. The molecule has 0 saturated carbocycles. The Morgan fingerprint density at radius 2 is 2.12 bits per heavy atom. The van der Waals surface area contributed by atoms with Crippen molar-refractivity contribution in [1.29, 1.82) is 0 Å². The lowest BCUT2D eigenvalue weighted by Gasteiger charge is -2.15. The van der Waals surface area contributed by atoms with Crippen molar-refractivity contribution in [3.63, 3.8) is 0 Å². The van der Waals surface area contributed by atoms with Crippen LogP contribution in [-0.2, 0) is 11.2 Å². The molecule has 7 nitrogen and oxygen atoms in total. The van der Waals surface area contributed by atoms with E-state index in [1.807, 2.05) is 29.3 Å². The lowest BCUT2D eigenvalue weighted by molar-refractivity contribution is -0.116. The van der Waals surface area contributed by atoms with Gasteiger partial charge in [-0.05, 0) is 50.1 Å². The molecule has 0 fully saturated rings. The lowest BCUT2D eigenvalue weighted by Crippen LogP contribution is -2.25. The first-order valence-corrected chi connectivity index (χ1v) is 8.81. The van der Waals surface area contributed by atoms with Gasteiger partial charge >= 0.3 is 0 Å². The Morgan fingerprint density at radius 1 is 1.27 bits per heavy atom. The van der Waals surface area contributed by atoms with Gasteiger partial charge in [0.25, 0.3) is 0 Å². The summed E-state index contributed by atoms with van der Waals surface area (Å²) in [6, 6.07) is 8.24. The third-order valence-electron chi connectivity index (χ3n) is 4.45. The molecule has 0 spiro atoms. The zero-order valence-corrected chi connectivity index (χ0v) is 15.1. The monoisotopic (exact) mass is 350 g/mol. The molecule has 3 aromatic rings. The molecule has 3 N–H and O–H groups in total. The molecule has 0 radical (unpaired) electrons. The molecule has 0 bridgehead atoms. The van der Waals surface area contributed by atoms with E-state index >= 15 is 0 Å². The third kappa shape index (κ3) is 2.96. The normalized spacial score (nSPS) is 13.3. The molecule has 0 saturated heterocycles. The van der Waals surface area contributed by atoms with Gasteiger partial charge in [0.05, 0.1) is 5.39 Å². The molecule has 3 heterocycles. The largest absolute Gasteiger partial charge is 0.367 e. The molecular weight excluding hydrogens is 328 g/mol. The maximum absolute atomic E-state index is 11.7. The van der Waals surface area contributed by atoms with Gasteiger partial charge < -0.3 is 20.5 Å². The van der Waals surface area contributed by atoms with Crippen LogP contribution in [0.5, 0.6) is 0 Å². The molecule has 26 heavy (non-hydrogen) atoms. The van der Waals surface area contributed by atoms with Gasteiger partial charge in [-0.15, -0.1) is 0 Å². The summed E-state index contributed by atoms with van der Waals surface area (Å²) in [4.78, 5) is 25.8. The number of anilines is 4. The molecule has 1 aliphatic heterocycles. The van der Waals surface area contributed by atoms with Gasteiger partial charge in [-0.25, -0.2) is 0 Å². The molecule has 7 heteroatoms. The van der Waals surface area contributed by atoms with Crippen molar-refractivity contribution in [3.05, 3.63) is 36.0 Å². The quantitative estimate of drug-likeness (QED) is 0.671. The lowest BCUT2D eigenvalue weighted by atomic mass is 10.1. The minimum atomic E-state index is 0.0781. The Morgan fingerprint density at radius 3 is 2.88 bits per heavy atom. The fourth-order valence-corrected chi connectivity index (χ4v) is 3.32. The molecule has 0 atom stereocenters. The predicted octanol–water partition coefficient (Wildman–Crippen LogP) is 3.43. The van der Waals surface area contributed by atoms with Crippen molar-refractivity contribution >= 4 is 40.1 Å². The topological polar surface area (TPSA) is 85.9 Å². The smallest absolute Gasteiger partial charge is 0.231 e. The Labute approximate surface area is 151 Å². The van der Waals surface area contributed by atoms with Gasteiger partial charge in [0.1, 0.15) is 11.5 Å². The van der Waals surface area contributed by atoms with Crippen LogP contribution < -0.4 is 15.5 Å². The Kier molecular flexibility index (Phi) is 3.99. The summed E-state index contributed by atoms with van der Waals surface area (Å²) in [6.07, 6.45) is 2.72. The Balaban J connectivity index is 1.64. The molecular formula is C19H22N6O. The van der Waals surface area contributed by atoms with Crippen molar-refractivity contribution < 1.29 is 4.79 Å². The summed E-state index contributed by atoms with van der Waals surface area (Å²) in [6.45, 7) is 6.50. The maximum Gasteiger partial charge on any atom is 0.231 e. The summed E-state index contributed by atoms with van der Waals surface area (Å²) in [7, 11) is 0. The molecule has 1 aliphatic rings. The number of carbonyl (C=O) groups excluding carboxylic acids is 1. The van der Waals surface area contributed by atoms with Gasteiger partial charge in [0, 0.05) is 37.1 Å². The van der Waals surface area contributed by atoms with Crippen LogP contribution in [0.3, 0.4) is 0 Å². The van der Waals surface area contributed by atoms with Crippen molar-refractivity contribution in [2.75, 3.05) is 22.1 Å². The van der Waals surface area contributed by atoms with Crippen molar-refractivity contribution in [2.24, 2.45) is 0 Å². The van der Waals surface area contributed by atoms with Crippen molar-refractivity contribution in [1.82, 2.24) is 15.0 Å². The number of aromatic amines is 1. The minimum Gasteiger partial charge on any atom is -0.367 e. The van der Waals surface area contributed by atoms with E-state index in [1.165, 1.54) is 0 Å². The first-order valence-electron chi connectivity index (χ1n) is 8.81. The van der Waals surface area contributed by atoms with Gasteiger partial charge in [-0.1, -0.05) is 0 Å². The summed E-state index contributed by atoms with van der Waals surface area (Å²) in [5.41, 5.74) is 3.85. The molecule has 2 aromatic heterocycles. The Hall–Kier alpha value is -3.09. The summed E-state index contributed by atoms with van der Waals surface area (Å²) < 4.78 is 0. The standard InChI is InChI=1S/C19H22N6O/c1-11(2)21-18-15-6-8-20-17(15)23-19(24-18)22-14-4-5-16-13(10-14)7-9-25(16)12(3)26/h4-6,8,10-11H,7,9H2,1-3H3,(H3,20,21,22,23,24). The zero-order valence-electron chi connectivity index (χ0n) is 15.1. The number of rotatable bonds is 4. The highest BCUT2D eigenvalue weighted by molar-refractivity contribution is 5.94. The number of hydrogen-bond acceptors (Lipinski definition) is 5. The fraction of sp³-hybridized carbons (Fsp3) is 0.316. The van der Waals surface area contributed by atoms with E-state index in [4.69, 9.17) is 0 Å². The number of H-pyrrole nitrogens is 1. The summed E-state index contributed by atoms with van der Waals surface area (Å²) >= 11 is 0. The number of nitrogens with one attached hydrogen (secondary N) is 3. The van der Waals surface area contributed by atoms with Crippen LogP contribution in [0.2, 0.25) is 0 Å². The number of fused-ring (bicyclic) bond motifs is 2. The second-order valence-electron chi connectivity index (χ2n) is 6.82. The van der Waals surface area contributed by atoms with E-state index < -0.39 is 0 Å². The second kappa shape index (κ2) is 6.33. The number of nitrogens with zero attached hydrogens (tertiary/aromatic N) is 3. The van der Waals surface area contributed by atoms with E-state index in [-0.39, 0.29) is 11.9 Å². The van der Waals surface area contributed by atoms with Crippen LogP contribution in [0.15, 0.2) is 30.5 Å². The van der Waals surface area contributed by atoms with E-state index in [2.05, 4.69) is 45.5 Å². The van der Waals surface area contributed by atoms with E-state index in [0.717, 1.165) is 46.8 Å². The number of hydrogen-bond donors (Lipinski definition) is 3. The maximum atomic E-state index is 11.7. The number of carbonyl (C=O) groups is 1. The molecule has 0 unspecified atom stereocenters. The van der Waals surface area contributed by atoms with E-state index in [9.17, 15) is 4.79 Å². The fourth-order valence-electron chi connectivity index (χ4n) is 3.32. The highest BCUT2D eigenvalue weighted by Crippen LogP contribution is 2.31. The van der Waals surface area contributed by atoms with Gasteiger partial charge in [0.2, 0.25) is 11.9 Å².